The summed E-state index contributed by atoms with van der Waals surface area (Å²) in [7, 11) is 2.01. The van der Waals surface area contributed by atoms with Crippen LogP contribution in [0.2, 0.25) is 0 Å². The highest BCUT2D eigenvalue weighted by molar-refractivity contribution is 5.34. The maximum atomic E-state index is 5.30. The fourth-order valence-corrected chi connectivity index (χ4v) is 1.51. The van der Waals surface area contributed by atoms with Crippen molar-refractivity contribution >= 4 is 0 Å². The summed E-state index contributed by atoms with van der Waals surface area (Å²) < 4.78 is 4.15. The van der Waals surface area contributed by atoms with Gasteiger partial charge in [0.25, 0.3) is 0 Å². The Morgan fingerprint density at radius 1 is 1.33 bits per heavy atom. The van der Waals surface area contributed by atoms with Crippen molar-refractivity contribution in [3.8, 4) is 12.3 Å². The highest BCUT2D eigenvalue weighted by atomic mass is 15.1. The van der Waals surface area contributed by atoms with Crippen LogP contribution in [0.5, 0.6) is 0 Å². The number of terminal acetylenes is 1. The van der Waals surface area contributed by atoms with Gasteiger partial charge in [0.2, 0.25) is 6.33 Å². The van der Waals surface area contributed by atoms with Crippen molar-refractivity contribution in [2.75, 3.05) is 0 Å². The van der Waals surface area contributed by atoms with E-state index in [1.54, 1.807) is 0 Å². The molecule has 0 radical (unpaired) electrons. The zero-order chi connectivity index (χ0) is 10.7. The van der Waals surface area contributed by atoms with Gasteiger partial charge < -0.3 is 0 Å². The van der Waals surface area contributed by atoms with E-state index in [1.807, 2.05) is 29.9 Å². The van der Waals surface area contributed by atoms with Crippen LogP contribution in [-0.2, 0) is 13.6 Å². The van der Waals surface area contributed by atoms with E-state index in [9.17, 15) is 0 Å². The summed E-state index contributed by atoms with van der Waals surface area (Å²) in [4.78, 5) is 0. The molecule has 1 aromatic heterocycles. The largest absolute Gasteiger partial charge is 0.243 e. The van der Waals surface area contributed by atoms with Crippen molar-refractivity contribution in [2.24, 2.45) is 7.05 Å². The summed E-state index contributed by atoms with van der Waals surface area (Å²) in [6, 6.07) is 8.07. The minimum atomic E-state index is 0.881. The standard InChI is InChI=1S/C13H13N2/c1-3-12-4-6-13(7-5-12)10-15-9-8-14(2)11-15/h1,4-9,11H,10H2,2H3/q+1. The van der Waals surface area contributed by atoms with Gasteiger partial charge in [0, 0.05) is 5.56 Å². The Morgan fingerprint density at radius 2 is 2.07 bits per heavy atom. The SMILES string of the molecule is C#Cc1ccc(Cn2cc[n+](C)c2)cc1. The second kappa shape index (κ2) is 4.02. The predicted molar refractivity (Wildman–Crippen MR) is 59.1 cm³/mol. The summed E-state index contributed by atoms with van der Waals surface area (Å²) >= 11 is 0. The Balaban J connectivity index is 2.15. The predicted octanol–water partition coefficient (Wildman–Crippen LogP) is 1.34. The van der Waals surface area contributed by atoms with E-state index in [2.05, 4.69) is 35.1 Å². The van der Waals surface area contributed by atoms with Gasteiger partial charge in [-0.1, -0.05) is 18.1 Å². The molecule has 0 aliphatic rings. The molecule has 2 rings (SSSR count). The number of aromatic nitrogens is 2. The molecule has 0 atom stereocenters. The van der Waals surface area contributed by atoms with E-state index in [4.69, 9.17) is 6.42 Å². The molecule has 0 amide bonds. The first-order valence-electron chi connectivity index (χ1n) is 4.84. The van der Waals surface area contributed by atoms with E-state index in [1.165, 1.54) is 5.56 Å². The van der Waals surface area contributed by atoms with Gasteiger partial charge in [0.15, 0.2) is 0 Å². The highest BCUT2D eigenvalue weighted by Gasteiger charge is 2.01. The van der Waals surface area contributed by atoms with Gasteiger partial charge in [-0.05, 0) is 17.7 Å². The molecule has 2 aromatic rings. The fraction of sp³-hybridized carbons (Fsp3) is 0.154. The van der Waals surface area contributed by atoms with Crippen LogP contribution < -0.4 is 4.57 Å². The molecule has 0 spiro atoms. The lowest BCUT2D eigenvalue weighted by atomic mass is 10.1. The van der Waals surface area contributed by atoms with Gasteiger partial charge in [-0.3, -0.25) is 0 Å². The Kier molecular flexibility index (Phi) is 2.55. The number of rotatable bonds is 2. The molecule has 0 aliphatic heterocycles. The molecule has 0 N–H and O–H groups in total. The maximum Gasteiger partial charge on any atom is 0.243 e. The molecule has 0 bridgehead atoms. The first kappa shape index (κ1) is 9.54. The molecule has 74 valence electrons. The normalized spacial score (nSPS) is 9.87. The third-order valence-electron chi connectivity index (χ3n) is 2.31. The molecule has 0 saturated heterocycles. The van der Waals surface area contributed by atoms with Crippen molar-refractivity contribution in [1.82, 2.24) is 4.57 Å². The van der Waals surface area contributed by atoms with Crippen molar-refractivity contribution in [3.63, 3.8) is 0 Å². The highest BCUT2D eigenvalue weighted by Crippen LogP contribution is 2.04. The van der Waals surface area contributed by atoms with Gasteiger partial charge in [-0.15, -0.1) is 6.42 Å². The molecule has 15 heavy (non-hydrogen) atoms. The molecule has 0 fully saturated rings. The minimum absolute atomic E-state index is 0.881. The first-order chi connectivity index (χ1) is 7.28. The summed E-state index contributed by atoms with van der Waals surface area (Å²) in [5, 5.41) is 0. The number of benzene rings is 1. The molecular weight excluding hydrogens is 184 g/mol. The van der Waals surface area contributed by atoms with E-state index in [0.717, 1.165) is 12.1 Å². The molecule has 0 aliphatic carbocycles. The van der Waals surface area contributed by atoms with E-state index < -0.39 is 0 Å². The van der Waals surface area contributed by atoms with Gasteiger partial charge in [0.05, 0.1) is 7.05 Å². The molecule has 1 aromatic carbocycles. The number of aryl methyl sites for hydroxylation is 1. The lowest BCUT2D eigenvalue weighted by Crippen LogP contribution is -2.23. The Morgan fingerprint density at radius 3 is 2.60 bits per heavy atom. The van der Waals surface area contributed by atoms with Gasteiger partial charge in [0.1, 0.15) is 18.9 Å². The summed E-state index contributed by atoms with van der Waals surface area (Å²) in [6.45, 7) is 0.881. The second-order valence-electron chi connectivity index (χ2n) is 3.59. The molecular formula is C13H13N2+. The smallest absolute Gasteiger partial charge is 0.240 e. The lowest BCUT2D eigenvalue weighted by molar-refractivity contribution is -0.671. The van der Waals surface area contributed by atoms with E-state index in [-0.39, 0.29) is 0 Å². The Labute approximate surface area is 89.8 Å². The van der Waals surface area contributed by atoms with Crippen molar-refractivity contribution in [3.05, 3.63) is 54.1 Å². The number of hydrogen-bond donors (Lipinski definition) is 0. The number of hydrogen-bond acceptors (Lipinski definition) is 0. The van der Waals surface area contributed by atoms with Crippen molar-refractivity contribution in [1.29, 1.82) is 0 Å². The monoisotopic (exact) mass is 197 g/mol. The van der Waals surface area contributed by atoms with Crippen LogP contribution in [0.25, 0.3) is 0 Å². The zero-order valence-corrected chi connectivity index (χ0v) is 8.72. The van der Waals surface area contributed by atoms with Crippen LogP contribution >= 0.6 is 0 Å². The van der Waals surface area contributed by atoms with Crippen molar-refractivity contribution in [2.45, 2.75) is 6.54 Å². The van der Waals surface area contributed by atoms with Crippen LogP contribution in [0.1, 0.15) is 11.1 Å². The van der Waals surface area contributed by atoms with Gasteiger partial charge >= 0.3 is 0 Å². The quantitative estimate of drug-likeness (QED) is 0.507. The minimum Gasteiger partial charge on any atom is -0.240 e. The first-order valence-corrected chi connectivity index (χ1v) is 4.84. The van der Waals surface area contributed by atoms with E-state index >= 15 is 0 Å². The lowest BCUT2D eigenvalue weighted by Gasteiger charge is -1.97. The molecule has 2 heteroatoms. The summed E-state index contributed by atoms with van der Waals surface area (Å²) in [5.74, 6) is 2.61. The maximum absolute atomic E-state index is 5.30. The fourth-order valence-electron chi connectivity index (χ4n) is 1.51. The van der Waals surface area contributed by atoms with Gasteiger partial charge in [-0.25, -0.2) is 9.13 Å². The Hall–Kier alpha value is -2.01. The summed E-state index contributed by atoms with van der Waals surface area (Å²) in [6.07, 6.45) is 11.4. The number of nitrogens with zero attached hydrogens (tertiary/aromatic N) is 2. The third kappa shape index (κ3) is 2.26. The topological polar surface area (TPSA) is 8.81 Å². The molecule has 1 heterocycles. The van der Waals surface area contributed by atoms with Crippen LogP contribution in [-0.4, -0.2) is 4.57 Å². The van der Waals surface area contributed by atoms with Crippen molar-refractivity contribution < 1.29 is 4.57 Å². The van der Waals surface area contributed by atoms with Gasteiger partial charge in [-0.2, -0.15) is 0 Å². The van der Waals surface area contributed by atoms with Crippen LogP contribution in [0, 0.1) is 12.3 Å². The third-order valence-corrected chi connectivity index (χ3v) is 2.31. The molecule has 2 nitrogen and oxygen atoms in total. The van der Waals surface area contributed by atoms with Crippen LogP contribution in [0.4, 0.5) is 0 Å². The zero-order valence-electron chi connectivity index (χ0n) is 8.72. The van der Waals surface area contributed by atoms with Crippen LogP contribution in [0.3, 0.4) is 0 Å². The Bertz CT molecular complexity index is 486. The number of imidazole rings is 1. The molecule has 0 saturated carbocycles. The molecule has 0 unspecified atom stereocenters. The van der Waals surface area contributed by atoms with Crippen LogP contribution in [0.15, 0.2) is 43.0 Å². The average molecular weight is 197 g/mol. The van der Waals surface area contributed by atoms with E-state index in [0.29, 0.717) is 0 Å². The second-order valence-corrected chi connectivity index (χ2v) is 3.59. The summed E-state index contributed by atoms with van der Waals surface area (Å²) in [5.41, 5.74) is 2.18. The average Bonchev–Trinajstić information content (AvgIpc) is 2.65.